The molecule has 2 heterocycles. The van der Waals surface area contributed by atoms with Gasteiger partial charge in [-0.15, -0.1) is 0 Å². The topological polar surface area (TPSA) is 86.4 Å². The zero-order valence-electron chi connectivity index (χ0n) is 10.9. The molecule has 0 aromatic carbocycles. The maximum absolute atomic E-state index is 12.1. The summed E-state index contributed by atoms with van der Waals surface area (Å²) in [5.41, 5.74) is 0. The van der Waals surface area contributed by atoms with E-state index in [0.29, 0.717) is 0 Å². The third-order valence-corrected chi connectivity index (χ3v) is 4.96. The Morgan fingerprint density at radius 3 is 2.68 bits per heavy atom. The third kappa shape index (κ3) is 3.13. The van der Waals surface area contributed by atoms with Crippen molar-refractivity contribution < 1.29 is 13.2 Å². The average molecular weight is 286 g/mol. The number of nitrogens with one attached hydrogen (secondary N) is 1. The van der Waals surface area contributed by atoms with Crippen LogP contribution in [0.5, 0.6) is 0 Å². The SMILES string of the molecule is CN(CC(=O)N1CCCCC1)S(=O)(=O)c1cnc[nH]1. The second-order valence-corrected chi connectivity index (χ2v) is 6.63. The van der Waals surface area contributed by atoms with Crippen molar-refractivity contribution in [3.8, 4) is 0 Å². The lowest BCUT2D eigenvalue weighted by Crippen LogP contribution is -2.43. The molecule has 1 amide bonds. The van der Waals surface area contributed by atoms with Crippen LogP contribution in [0.25, 0.3) is 0 Å². The number of aromatic nitrogens is 2. The van der Waals surface area contributed by atoms with Gasteiger partial charge in [0.15, 0.2) is 5.03 Å². The second kappa shape index (κ2) is 5.70. The largest absolute Gasteiger partial charge is 0.342 e. The maximum Gasteiger partial charge on any atom is 0.260 e. The van der Waals surface area contributed by atoms with Crippen LogP contribution in [0, 0.1) is 0 Å². The Bertz CT molecular complexity index is 520. The van der Waals surface area contributed by atoms with Crippen LogP contribution in [0.15, 0.2) is 17.6 Å². The normalized spacial score (nSPS) is 16.8. The molecule has 1 aliphatic heterocycles. The van der Waals surface area contributed by atoms with Gasteiger partial charge in [0.1, 0.15) is 0 Å². The summed E-state index contributed by atoms with van der Waals surface area (Å²) in [7, 11) is -2.26. The predicted molar refractivity (Wildman–Crippen MR) is 68.8 cm³/mol. The molecule has 8 heteroatoms. The molecule has 19 heavy (non-hydrogen) atoms. The van der Waals surface area contributed by atoms with Gasteiger partial charge in [0.05, 0.1) is 19.1 Å². The number of hydrogen-bond donors (Lipinski definition) is 1. The number of H-pyrrole nitrogens is 1. The molecule has 106 valence electrons. The molecule has 0 spiro atoms. The van der Waals surface area contributed by atoms with Gasteiger partial charge in [0.25, 0.3) is 10.0 Å². The van der Waals surface area contributed by atoms with E-state index in [1.807, 2.05) is 0 Å². The van der Waals surface area contributed by atoms with E-state index in [4.69, 9.17) is 0 Å². The summed E-state index contributed by atoms with van der Waals surface area (Å²) in [6.45, 7) is 1.30. The van der Waals surface area contributed by atoms with Gasteiger partial charge < -0.3 is 9.88 Å². The fourth-order valence-corrected chi connectivity index (χ4v) is 3.08. The lowest BCUT2D eigenvalue weighted by atomic mass is 10.1. The average Bonchev–Trinajstić information content (AvgIpc) is 2.94. The standard InChI is InChI=1S/C11H18N4O3S/c1-14(19(17,18)10-7-12-9-13-10)8-11(16)15-5-3-2-4-6-15/h7,9H,2-6,8H2,1H3,(H,12,13). The molecule has 1 fully saturated rings. The first-order chi connectivity index (χ1) is 9.01. The van der Waals surface area contributed by atoms with Crippen LogP contribution in [0.4, 0.5) is 0 Å². The molecule has 0 atom stereocenters. The van der Waals surface area contributed by atoms with Crippen LogP contribution in [0.2, 0.25) is 0 Å². The molecule has 0 radical (unpaired) electrons. The number of sulfonamides is 1. The predicted octanol–water partition coefficient (Wildman–Crippen LogP) is 0.0427. The highest BCUT2D eigenvalue weighted by Crippen LogP contribution is 2.12. The van der Waals surface area contributed by atoms with Gasteiger partial charge in [-0.2, -0.15) is 4.31 Å². The van der Waals surface area contributed by atoms with Crippen molar-refractivity contribution >= 4 is 15.9 Å². The zero-order valence-corrected chi connectivity index (χ0v) is 11.7. The summed E-state index contributed by atoms with van der Waals surface area (Å²) in [6.07, 6.45) is 5.64. The Morgan fingerprint density at radius 2 is 2.11 bits per heavy atom. The highest BCUT2D eigenvalue weighted by Gasteiger charge is 2.26. The number of carbonyl (C=O) groups excluding carboxylic acids is 1. The van der Waals surface area contributed by atoms with Crippen molar-refractivity contribution in [2.24, 2.45) is 0 Å². The number of imidazole rings is 1. The molecule has 1 saturated heterocycles. The Kier molecular flexibility index (Phi) is 4.20. The Labute approximate surface area is 112 Å². The molecule has 1 aromatic heterocycles. The zero-order chi connectivity index (χ0) is 13.9. The lowest BCUT2D eigenvalue weighted by molar-refractivity contribution is -0.132. The van der Waals surface area contributed by atoms with E-state index >= 15 is 0 Å². The minimum Gasteiger partial charge on any atom is -0.342 e. The van der Waals surface area contributed by atoms with Crippen LogP contribution in [0.3, 0.4) is 0 Å². The Morgan fingerprint density at radius 1 is 1.42 bits per heavy atom. The van der Waals surface area contributed by atoms with Crippen molar-refractivity contribution in [1.29, 1.82) is 0 Å². The van der Waals surface area contributed by atoms with Crippen LogP contribution in [0.1, 0.15) is 19.3 Å². The number of hydrogen-bond acceptors (Lipinski definition) is 4. The number of likely N-dealkylation sites (tertiary alicyclic amines) is 1. The quantitative estimate of drug-likeness (QED) is 0.847. The summed E-state index contributed by atoms with van der Waals surface area (Å²) in [5.74, 6) is -0.148. The fraction of sp³-hybridized carbons (Fsp3) is 0.636. The Balaban J connectivity index is 2.00. The summed E-state index contributed by atoms with van der Waals surface area (Å²) in [4.78, 5) is 20.0. The molecule has 1 N–H and O–H groups in total. The summed E-state index contributed by atoms with van der Waals surface area (Å²) >= 11 is 0. The fourth-order valence-electron chi connectivity index (χ4n) is 2.07. The highest BCUT2D eigenvalue weighted by atomic mass is 32.2. The van der Waals surface area contributed by atoms with Crippen molar-refractivity contribution in [3.05, 3.63) is 12.5 Å². The second-order valence-electron chi connectivity index (χ2n) is 4.62. The van der Waals surface area contributed by atoms with Crippen molar-refractivity contribution in [2.45, 2.75) is 24.3 Å². The molecule has 0 unspecified atom stereocenters. The van der Waals surface area contributed by atoms with E-state index < -0.39 is 10.0 Å². The van der Waals surface area contributed by atoms with E-state index in [-0.39, 0.29) is 17.5 Å². The van der Waals surface area contributed by atoms with Gasteiger partial charge in [0, 0.05) is 20.1 Å². The maximum atomic E-state index is 12.1. The number of amides is 1. The van der Waals surface area contributed by atoms with Crippen molar-refractivity contribution in [1.82, 2.24) is 19.2 Å². The number of piperidine rings is 1. The first kappa shape index (κ1) is 14.0. The van der Waals surface area contributed by atoms with Crippen molar-refractivity contribution in [2.75, 3.05) is 26.7 Å². The molecule has 1 aliphatic rings. The molecular formula is C11H18N4O3S. The first-order valence-electron chi connectivity index (χ1n) is 6.24. The van der Waals surface area contributed by atoms with Gasteiger partial charge in [-0.1, -0.05) is 0 Å². The number of nitrogens with zero attached hydrogens (tertiary/aromatic N) is 3. The molecule has 0 saturated carbocycles. The summed E-state index contributed by atoms with van der Waals surface area (Å²) < 4.78 is 25.2. The minimum atomic E-state index is -3.66. The van der Waals surface area contributed by atoms with Gasteiger partial charge in [-0.05, 0) is 19.3 Å². The number of aromatic amines is 1. The van der Waals surface area contributed by atoms with Crippen LogP contribution >= 0.6 is 0 Å². The molecule has 2 rings (SSSR count). The molecule has 0 bridgehead atoms. The van der Waals surface area contributed by atoms with E-state index in [2.05, 4.69) is 9.97 Å². The summed E-state index contributed by atoms with van der Waals surface area (Å²) in [6, 6.07) is 0. The Hall–Kier alpha value is -1.41. The number of rotatable bonds is 4. The smallest absolute Gasteiger partial charge is 0.260 e. The molecular weight excluding hydrogens is 268 g/mol. The number of likely N-dealkylation sites (N-methyl/N-ethyl adjacent to an activating group) is 1. The number of carbonyl (C=O) groups is 1. The summed E-state index contributed by atoms with van der Waals surface area (Å²) in [5, 5.41) is 0.00134. The monoisotopic (exact) mass is 286 g/mol. The first-order valence-corrected chi connectivity index (χ1v) is 7.68. The van der Waals surface area contributed by atoms with Crippen LogP contribution in [-0.4, -0.2) is 60.2 Å². The van der Waals surface area contributed by atoms with E-state index in [0.717, 1.165) is 36.7 Å². The van der Waals surface area contributed by atoms with Gasteiger partial charge in [0.2, 0.25) is 5.91 Å². The molecule has 7 nitrogen and oxygen atoms in total. The minimum absolute atomic E-state index is 0.00134. The van der Waals surface area contributed by atoms with E-state index in [1.165, 1.54) is 19.6 Å². The van der Waals surface area contributed by atoms with Gasteiger partial charge >= 0.3 is 0 Å². The van der Waals surface area contributed by atoms with E-state index in [1.54, 1.807) is 4.90 Å². The van der Waals surface area contributed by atoms with Crippen molar-refractivity contribution in [3.63, 3.8) is 0 Å². The van der Waals surface area contributed by atoms with Crippen LogP contribution < -0.4 is 0 Å². The lowest BCUT2D eigenvalue weighted by Gasteiger charge is -2.28. The van der Waals surface area contributed by atoms with E-state index in [9.17, 15) is 13.2 Å². The van der Waals surface area contributed by atoms with Crippen LogP contribution in [-0.2, 0) is 14.8 Å². The third-order valence-electron chi connectivity index (χ3n) is 3.23. The van der Waals surface area contributed by atoms with Gasteiger partial charge in [-0.3, -0.25) is 4.79 Å². The van der Waals surface area contributed by atoms with Gasteiger partial charge in [-0.25, -0.2) is 13.4 Å². The molecule has 0 aliphatic carbocycles. The molecule has 1 aromatic rings. The highest BCUT2D eigenvalue weighted by molar-refractivity contribution is 7.89.